The molecule has 0 unspecified atom stereocenters. The molecule has 266 valence electrons. The highest BCUT2D eigenvalue weighted by Gasteiger charge is 2.37. The van der Waals surface area contributed by atoms with Crippen LogP contribution in [0.2, 0.25) is 0 Å². The molecule has 5 heteroatoms. The third-order valence-corrected chi connectivity index (χ3v) is 13.0. The van der Waals surface area contributed by atoms with Crippen molar-refractivity contribution in [3.63, 3.8) is 0 Å². The van der Waals surface area contributed by atoms with Gasteiger partial charge in [-0.05, 0) is 45.3 Å². The van der Waals surface area contributed by atoms with Crippen LogP contribution in [-0.4, -0.2) is 29.9 Å². The van der Waals surface area contributed by atoms with E-state index in [1.165, 1.54) is 0 Å². The number of Topliss-reactive ketones (excluding diaryl/α,β-unsaturated/α-hetero) is 1. The number of hydrogen-bond acceptors (Lipinski definition) is 4. The quantitative estimate of drug-likeness (QED) is 0.0659. The summed E-state index contributed by atoms with van der Waals surface area (Å²) in [7, 11) is 0. The van der Waals surface area contributed by atoms with E-state index < -0.39 is 25.2 Å². The topological polar surface area (TPSA) is 44.8 Å². The van der Waals surface area contributed by atoms with Crippen molar-refractivity contribution < 1.29 is 19.0 Å². The third-order valence-electron chi connectivity index (χ3n) is 8.99. The predicted octanol–water partition coefficient (Wildman–Crippen LogP) is 8.85. The molecule has 0 aromatic heterocycles. The van der Waals surface area contributed by atoms with E-state index in [2.05, 4.69) is 43.0 Å². The maximum Gasteiger partial charge on any atom is 0.188 e. The van der Waals surface area contributed by atoms with Gasteiger partial charge in [0.1, 0.15) is 18.3 Å². The summed E-state index contributed by atoms with van der Waals surface area (Å²) in [6, 6.07) is 60.9. The van der Waals surface area contributed by atoms with Gasteiger partial charge in [0.15, 0.2) is 5.78 Å². The smallest absolute Gasteiger partial charge is 0.188 e. The van der Waals surface area contributed by atoms with Crippen LogP contribution in [0.4, 0.5) is 0 Å². The Bertz CT molecular complexity index is 1960. The highest BCUT2D eigenvalue weighted by Crippen LogP contribution is 2.44. The SMILES string of the molecule is C=C/C=C/[C@@H](OCc1ccccc1)[C@H](OCc1ccccc1)[C@@H](OCc1ccccc1)C(=O)C=P(c1ccccc1)(c1ccccc1)c1ccccc1. The molecule has 6 aromatic carbocycles. The largest absolute Gasteiger partial charge is 0.367 e. The van der Waals surface area contributed by atoms with Gasteiger partial charge in [-0.2, -0.15) is 0 Å². The first-order valence-corrected chi connectivity index (χ1v) is 19.7. The van der Waals surface area contributed by atoms with Gasteiger partial charge in [-0.15, -0.1) is 0 Å². The number of hydrogen-bond donors (Lipinski definition) is 0. The molecule has 53 heavy (non-hydrogen) atoms. The Kier molecular flexibility index (Phi) is 13.7. The minimum Gasteiger partial charge on any atom is -0.367 e. The first kappa shape index (κ1) is 37.4. The molecule has 6 aromatic rings. The summed E-state index contributed by atoms with van der Waals surface area (Å²) < 4.78 is 20.2. The molecule has 4 nitrogen and oxygen atoms in total. The number of benzene rings is 6. The second-order valence-corrected chi connectivity index (χ2v) is 15.9. The lowest BCUT2D eigenvalue weighted by Gasteiger charge is -2.33. The van der Waals surface area contributed by atoms with Crippen LogP contribution in [-0.2, 0) is 38.8 Å². The average Bonchev–Trinajstić information content (AvgIpc) is 3.23. The Labute approximate surface area is 314 Å². The summed E-state index contributed by atoms with van der Waals surface area (Å²) >= 11 is 0. The molecule has 0 fully saturated rings. The van der Waals surface area contributed by atoms with Crippen molar-refractivity contribution in [3.05, 3.63) is 223 Å². The van der Waals surface area contributed by atoms with Gasteiger partial charge in [0, 0.05) is 0 Å². The first-order valence-electron chi connectivity index (χ1n) is 17.9. The lowest BCUT2D eigenvalue weighted by atomic mass is 10.0. The van der Waals surface area contributed by atoms with Crippen LogP contribution in [0.25, 0.3) is 0 Å². The minimum atomic E-state index is -2.68. The average molecular weight is 717 g/mol. The third kappa shape index (κ3) is 9.96. The Hall–Kier alpha value is -5.35. The Morgan fingerprint density at radius 1 is 0.509 bits per heavy atom. The second-order valence-electron chi connectivity index (χ2n) is 12.6. The Balaban J connectivity index is 1.53. The van der Waals surface area contributed by atoms with Crippen molar-refractivity contribution in [1.29, 1.82) is 0 Å². The molecule has 0 saturated heterocycles. The van der Waals surface area contributed by atoms with Gasteiger partial charge >= 0.3 is 0 Å². The molecule has 0 saturated carbocycles. The molecule has 6 rings (SSSR count). The summed E-state index contributed by atoms with van der Waals surface area (Å²) in [6.45, 7) is 2.03. The van der Waals surface area contributed by atoms with Crippen molar-refractivity contribution in [2.24, 2.45) is 0 Å². The Morgan fingerprint density at radius 2 is 0.868 bits per heavy atom. The highest BCUT2D eigenvalue weighted by molar-refractivity contribution is 7.95. The van der Waals surface area contributed by atoms with Crippen molar-refractivity contribution in [2.45, 2.75) is 38.1 Å². The molecule has 0 N–H and O–H groups in total. The molecule has 0 heterocycles. The van der Waals surface area contributed by atoms with Crippen LogP contribution >= 0.6 is 6.89 Å². The summed E-state index contributed by atoms with van der Waals surface area (Å²) in [4.78, 5) is 15.5. The van der Waals surface area contributed by atoms with E-state index in [1.54, 1.807) is 6.08 Å². The van der Waals surface area contributed by atoms with Crippen LogP contribution in [0, 0.1) is 0 Å². The summed E-state index contributed by atoms with van der Waals surface area (Å²) in [5.41, 5.74) is 2.93. The first-order chi connectivity index (χ1) is 26.2. The fourth-order valence-electron chi connectivity index (χ4n) is 6.36. The number of carbonyl (C=O) groups excluding carboxylic acids is 1. The monoisotopic (exact) mass is 716 g/mol. The molecule has 0 amide bonds. The van der Waals surface area contributed by atoms with E-state index in [1.807, 2.05) is 164 Å². The fourth-order valence-corrected chi connectivity index (χ4v) is 10.2. The zero-order valence-corrected chi connectivity index (χ0v) is 30.7. The normalized spacial score (nSPS) is 13.2. The standard InChI is InChI=1S/C48H45O4P/c1-2-3-34-46(50-35-39-22-10-4-11-23-39)48(52-37-41-26-14-6-15-27-41)47(51-36-40-24-12-5-13-25-40)45(49)38-53(42-28-16-7-17-29-42,43-30-18-8-19-31-43)44-32-20-9-21-33-44/h2-34,38,46-48H,1,35-37H2/b34-3+/t46-,47+,48+/m1/s1. The van der Waals surface area contributed by atoms with E-state index >= 15 is 4.79 Å². The fraction of sp³-hybridized carbons (Fsp3) is 0.125. The molecule has 0 aliphatic rings. The summed E-state index contributed by atoms with van der Waals surface area (Å²) in [6.07, 6.45) is 2.93. The second kappa shape index (κ2) is 19.5. The van der Waals surface area contributed by atoms with Crippen LogP contribution in [0.5, 0.6) is 0 Å². The lowest BCUT2D eigenvalue weighted by Crippen LogP contribution is -2.47. The highest BCUT2D eigenvalue weighted by atomic mass is 31.2. The van der Waals surface area contributed by atoms with E-state index in [-0.39, 0.29) is 19.0 Å². The van der Waals surface area contributed by atoms with Crippen molar-refractivity contribution in [2.75, 3.05) is 0 Å². The van der Waals surface area contributed by atoms with Crippen molar-refractivity contribution >= 4 is 34.4 Å². The van der Waals surface area contributed by atoms with E-state index in [0.717, 1.165) is 32.6 Å². The predicted molar refractivity (Wildman–Crippen MR) is 221 cm³/mol. The van der Waals surface area contributed by atoms with Crippen molar-refractivity contribution in [1.82, 2.24) is 0 Å². The van der Waals surface area contributed by atoms with Gasteiger partial charge in [0.25, 0.3) is 0 Å². The Morgan fingerprint density at radius 3 is 1.26 bits per heavy atom. The van der Waals surface area contributed by atoms with E-state index in [9.17, 15) is 0 Å². The maximum atomic E-state index is 15.5. The summed E-state index contributed by atoms with van der Waals surface area (Å²) in [5, 5.41) is 3.20. The van der Waals surface area contributed by atoms with E-state index in [4.69, 9.17) is 14.2 Å². The van der Waals surface area contributed by atoms with Crippen LogP contribution in [0.1, 0.15) is 16.7 Å². The van der Waals surface area contributed by atoms with Gasteiger partial charge < -0.3 is 14.2 Å². The minimum absolute atomic E-state index is 0.177. The van der Waals surface area contributed by atoms with Crippen LogP contribution in [0.3, 0.4) is 0 Å². The zero-order chi connectivity index (χ0) is 36.6. The van der Waals surface area contributed by atoms with E-state index in [0.29, 0.717) is 6.61 Å². The zero-order valence-electron chi connectivity index (χ0n) is 29.8. The van der Waals surface area contributed by atoms with Gasteiger partial charge in [-0.25, -0.2) is 0 Å². The molecular weight excluding hydrogens is 671 g/mol. The number of rotatable bonds is 18. The lowest BCUT2D eigenvalue weighted by molar-refractivity contribution is -0.155. The number of ketones is 1. The van der Waals surface area contributed by atoms with Gasteiger partial charge in [-0.3, -0.25) is 4.79 Å². The molecule has 0 bridgehead atoms. The molecular formula is C48H45O4P. The molecule has 0 aliphatic heterocycles. The van der Waals surface area contributed by atoms with Gasteiger partial charge in [0.05, 0.1) is 19.8 Å². The van der Waals surface area contributed by atoms with Gasteiger partial charge in [-0.1, -0.05) is 207 Å². The van der Waals surface area contributed by atoms with Crippen LogP contribution < -0.4 is 15.9 Å². The molecule has 0 radical (unpaired) electrons. The number of carbonyl (C=O) groups is 1. The van der Waals surface area contributed by atoms with Gasteiger partial charge in [0.2, 0.25) is 0 Å². The number of allylic oxidation sites excluding steroid dienone is 2. The van der Waals surface area contributed by atoms with Crippen LogP contribution in [0.15, 0.2) is 207 Å². The molecule has 0 spiro atoms. The summed E-state index contributed by atoms with van der Waals surface area (Å²) in [5.74, 6) is 1.76. The molecule has 0 aliphatic carbocycles. The van der Waals surface area contributed by atoms with Crippen molar-refractivity contribution in [3.8, 4) is 0 Å². The maximum absolute atomic E-state index is 15.5. The molecule has 3 atom stereocenters. The number of ether oxygens (including phenoxy) is 3.